The molecule has 0 aliphatic carbocycles. The maximum absolute atomic E-state index is 4.34. The van der Waals surface area contributed by atoms with Gasteiger partial charge in [-0.2, -0.15) is 10.2 Å². The highest BCUT2D eigenvalue weighted by atomic mass is 15.1. The van der Waals surface area contributed by atoms with Crippen molar-refractivity contribution in [3.8, 4) is 11.1 Å². The second kappa shape index (κ2) is 3.66. The van der Waals surface area contributed by atoms with E-state index in [-0.39, 0.29) is 0 Å². The van der Waals surface area contributed by atoms with Crippen LogP contribution in [-0.4, -0.2) is 21.7 Å². The Morgan fingerprint density at radius 3 is 3.12 bits per heavy atom. The van der Waals surface area contributed by atoms with E-state index in [2.05, 4.69) is 27.1 Å². The maximum Gasteiger partial charge on any atom is 0.134 e. The van der Waals surface area contributed by atoms with Gasteiger partial charge in [-0.1, -0.05) is 6.58 Å². The average molecular weight is 224 g/mol. The fourth-order valence-electron chi connectivity index (χ4n) is 2.18. The predicted octanol–water partition coefficient (Wildman–Crippen LogP) is 2.29. The lowest BCUT2D eigenvalue weighted by atomic mass is 9.98. The predicted molar refractivity (Wildman–Crippen MR) is 67.5 cm³/mol. The van der Waals surface area contributed by atoms with Gasteiger partial charge >= 0.3 is 0 Å². The number of rotatable bonds is 0. The SMILES string of the molecule is C=C1CNc2ncccc2-c2cnnc(C)c21. The normalized spacial score (nSPS) is 13.4. The molecule has 0 saturated heterocycles. The molecule has 4 heteroatoms. The Kier molecular flexibility index (Phi) is 2.14. The fraction of sp³-hybridized carbons (Fsp3) is 0.154. The molecule has 4 nitrogen and oxygen atoms in total. The minimum atomic E-state index is 0.684. The van der Waals surface area contributed by atoms with Gasteiger partial charge in [-0.25, -0.2) is 4.98 Å². The molecule has 3 rings (SSSR count). The molecule has 0 atom stereocenters. The summed E-state index contributed by atoms with van der Waals surface area (Å²) in [7, 11) is 0. The third kappa shape index (κ3) is 1.49. The van der Waals surface area contributed by atoms with Gasteiger partial charge in [0, 0.05) is 29.4 Å². The van der Waals surface area contributed by atoms with Crippen LogP contribution in [0.5, 0.6) is 0 Å². The van der Waals surface area contributed by atoms with Gasteiger partial charge < -0.3 is 5.32 Å². The van der Waals surface area contributed by atoms with E-state index in [1.165, 1.54) is 0 Å². The molecule has 2 aromatic rings. The van der Waals surface area contributed by atoms with Gasteiger partial charge in [0.05, 0.1) is 11.9 Å². The Balaban J connectivity index is 2.36. The standard InChI is InChI=1S/C13H12N4/c1-8-6-15-13-10(4-3-5-14-13)11-7-16-17-9(2)12(8)11/h3-5,7H,1,6H2,2H3,(H,14,15). The molecule has 0 saturated carbocycles. The average Bonchev–Trinajstić information content (AvgIpc) is 2.49. The Labute approximate surface area is 99.4 Å². The van der Waals surface area contributed by atoms with Crippen molar-refractivity contribution < 1.29 is 0 Å². The zero-order valence-electron chi connectivity index (χ0n) is 9.57. The van der Waals surface area contributed by atoms with Gasteiger partial charge in [0.25, 0.3) is 0 Å². The second-order valence-electron chi connectivity index (χ2n) is 4.08. The quantitative estimate of drug-likeness (QED) is 0.746. The van der Waals surface area contributed by atoms with Crippen molar-refractivity contribution in [3.05, 3.63) is 42.4 Å². The number of aromatic nitrogens is 3. The first kappa shape index (κ1) is 9.96. The lowest BCUT2D eigenvalue weighted by Gasteiger charge is -2.09. The van der Waals surface area contributed by atoms with Gasteiger partial charge in [-0.05, 0) is 24.6 Å². The fourth-order valence-corrected chi connectivity index (χ4v) is 2.18. The summed E-state index contributed by atoms with van der Waals surface area (Å²) >= 11 is 0. The monoisotopic (exact) mass is 224 g/mol. The molecule has 1 aliphatic rings. The van der Waals surface area contributed by atoms with Gasteiger partial charge in [-0.15, -0.1) is 0 Å². The van der Waals surface area contributed by atoms with E-state index in [0.29, 0.717) is 6.54 Å². The first-order valence-electron chi connectivity index (χ1n) is 5.47. The van der Waals surface area contributed by atoms with Crippen LogP contribution in [0.2, 0.25) is 0 Å². The Morgan fingerprint density at radius 1 is 1.35 bits per heavy atom. The molecule has 17 heavy (non-hydrogen) atoms. The summed E-state index contributed by atoms with van der Waals surface area (Å²) in [6.07, 6.45) is 3.56. The molecule has 0 fully saturated rings. The highest BCUT2D eigenvalue weighted by Crippen LogP contribution is 2.35. The van der Waals surface area contributed by atoms with Gasteiger partial charge in [-0.3, -0.25) is 0 Å². The van der Waals surface area contributed by atoms with Crippen molar-refractivity contribution in [3.63, 3.8) is 0 Å². The van der Waals surface area contributed by atoms with Gasteiger partial charge in [0.1, 0.15) is 5.82 Å². The molecular weight excluding hydrogens is 212 g/mol. The van der Waals surface area contributed by atoms with Crippen molar-refractivity contribution in [1.29, 1.82) is 0 Å². The van der Waals surface area contributed by atoms with Crippen molar-refractivity contribution in [2.75, 3.05) is 11.9 Å². The molecule has 3 heterocycles. The van der Waals surface area contributed by atoms with E-state index in [1.54, 1.807) is 12.4 Å². The number of nitrogens with zero attached hydrogens (tertiary/aromatic N) is 3. The van der Waals surface area contributed by atoms with Crippen LogP contribution in [0.15, 0.2) is 31.1 Å². The van der Waals surface area contributed by atoms with Crippen molar-refractivity contribution in [1.82, 2.24) is 15.2 Å². The summed E-state index contributed by atoms with van der Waals surface area (Å²) in [5.41, 5.74) is 5.12. The van der Waals surface area contributed by atoms with Crippen LogP contribution in [0.1, 0.15) is 11.3 Å². The largest absolute Gasteiger partial charge is 0.365 e. The van der Waals surface area contributed by atoms with Crippen LogP contribution < -0.4 is 5.32 Å². The smallest absolute Gasteiger partial charge is 0.134 e. The van der Waals surface area contributed by atoms with Crippen LogP contribution in [-0.2, 0) is 0 Å². The highest BCUT2D eigenvalue weighted by Gasteiger charge is 2.19. The minimum absolute atomic E-state index is 0.684. The number of aryl methyl sites for hydroxylation is 1. The topological polar surface area (TPSA) is 50.7 Å². The van der Waals surface area contributed by atoms with Gasteiger partial charge in [0.2, 0.25) is 0 Å². The van der Waals surface area contributed by atoms with E-state index in [1.807, 2.05) is 19.1 Å². The van der Waals surface area contributed by atoms with Crippen LogP contribution in [0.25, 0.3) is 16.7 Å². The summed E-state index contributed by atoms with van der Waals surface area (Å²) in [5, 5.41) is 11.4. The third-order valence-corrected chi connectivity index (χ3v) is 2.95. The minimum Gasteiger partial charge on any atom is -0.365 e. The first-order valence-corrected chi connectivity index (χ1v) is 5.47. The zero-order valence-corrected chi connectivity index (χ0v) is 9.57. The highest BCUT2D eigenvalue weighted by molar-refractivity contribution is 5.89. The van der Waals surface area contributed by atoms with Crippen LogP contribution >= 0.6 is 0 Å². The number of nitrogens with one attached hydrogen (secondary N) is 1. The summed E-state index contributed by atoms with van der Waals surface area (Å²) in [4.78, 5) is 4.34. The summed E-state index contributed by atoms with van der Waals surface area (Å²) in [5.74, 6) is 0.875. The van der Waals surface area contributed by atoms with Crippen molar-refractivity contribution in [2.24, 2.45) is 0 Å². The lowest BCUT2D eigenvalue weighted by Crippen LogP contribution is -2.03. The third-order valence-electron chi connectivity index (χ3n) is 2.95. The van der Waals surface area contributed by atoms with Crippen molar-refractivity contribution >= 4 is 11.4 Å². The number of hydrogen-bond acceptors (Lipinski definition) is 4. The first-order chi connectivity index (χ1) is 8.27. The Morgan fingerprint density at radius 2 is 2.24 bits per heavy atom. The number of anilines is 1. The Bertz CT molecular complexity index is 604. The number of pyridine rings is 1. The molecule has 0 spiro atoms. The van der Waals surface area contributed by atoms with E-state index in [4.69, 9.17) is 0 Å². The number of fused-ring (bicyclic) bond motifs is 3. The molecular formula is C13H12N4. The van der Waals surface area contributed by atoms with Gasteiger partial charge in [0.15, 0.2) is 0 Å². The van der Waals surface area contributed by atoms with E-state index in [0.717, 1.165) is 33.8 Å². The zero-order chi connectivity index (χ0) is 11.8. The maximum atomic E-state index is 4.34. The molecule has 1 N–H and O–H groups in total. The molecule has 0 aromatic carbocycles. The summed E-state index contributed by atoms with van der Waals surface area (Å²) in [6.45, 7) is 6.74. The summed E-state index contributed by atoms with van der Waals surface area (Å²) in [6, 6.07) is 3.96. The van der Waals surface area contributed by atoms with E-state index >= 15 is 0 Å². The molecule has 0 unspecified atom stereocenters. The molecule has 0 bridgehead atoms. The molecule has 0 amide bonds. The lowest BCUT2D eigenvalue weighted by molar-refractivity contribution is 0.975. The molecule has 2 aromatic heterocycles. The molecule has 0 radical (unpaired) electrons. The van der Waals surface area contributed by atoms with Crippen LogP contribution in [0.4, 0.5) is 5.82 Å². The van der Waals surface area contributed by atoms with E-state index in [9.17, 15) is 0 Å². The van der Waals surface area contributed by atoms with Crippen LogP contribution in [0.3, 0.4) is 0 Å². The van der Waals surface area contributed by atoms with Crippen LogP contribution in [0, 0.1) is 6.92 Å². The molecule has 84 valence electrons. The second-order valence-corrected chi connectivity index (χ2v) is 4.08. The van der Waals surface area contributed by atoms with Crippen molar-refractivity contribution in [2.45, 2.75) is 6.92 Å². The summed E-state index contributed by atoms with van der Waals surface area (Å²) < 4.78 is 0. The van der Waals surface area contributed by atoms with E-state index < -0.39 is 0 Å². The number of hydrogen-bond donors (Lipinski definition) is 1. The Hall–Kier alpha value is -2.23. The molecule has 1 aliphatic heterocycles.